The van der Waals surface area contributed by atoms with E-state index in [1.54, 1.807) is 17.8 Å². The first-order valence-electron chi connectivity index (χ1n) is 5.87. The molecule has 1 aliphatic heterocycles. The fraction of sp³-hybridized carbons (Fsp3) is 0.0833. The third-order valence-electron chi connectivity index (χ3n) is 2.70. The van der Waals surface area contributed by atoms with E-state index in [9.17, 15) is 9.60 Å². The number of thiazole rings is 1. The lowest BCUT2D eigenvalue weighted by atomic mass is 10.3. The molecule has 0 radical (unpaired) electrons. The van der Waals surface area contributed by atoms with E-state index in [0.29, 0.717) is 27.8 Å². The number of nitrogens with one attached hydrogen (secondary N) is 1. The highest BCUT2D eigenvalue weighted by Gasteiger charge is 2.23. The number of benzene rings is 1. The molecule has 1 aromatic carbocycles. The van der Waals surface area contributed by atoms with Crippen molar-refractivity contribution in [3.05, 3.63) is 57.1 Å². The number of aromatic nitrogens is 1. The van der Waals surface area contributed by atoms with Crippen LogP contribution < -0.4 is 10.4 Å². The van der Waals surface area contributed by atoms with Crippen molar-refractivity contribution in [3.8, 4) is 0 Å². The summed E-state index contributed by atoms with van der Waals surface area (Å²) in [6.45, 7) is 0.455. The van der Waals surface area contributed by atoms with Crippen LogP contribution in [-0.2, 0) is 11.5 Å². The van der Waals surface area contributed by atoms with Crippen molar-refractivity contribution in [1.82, 2.24) is 15.5 Å². The number of anilines is 1. The van der Waals surface area contributed by atoms with E-state index >= 15 is 0 Å². The van der Waals surface area contributed by atoms with Gasteiger partial charge in [-0.05, 0) is 34.1 Å². The molecule has 2 aromatic rings. The molecule has 21 heavy (non-hydrogen) atoms. The second-order valence-corrected chi connectivity index (χ2v) is 5.70. The number of hydrogen-bond acceptors (Lipinski definition) is 7. The number of halogens is 2. The molecule has 0 saturated heterocycles. The molecule has 0 aliphatic carbocycles. The molecule has 0 unspecified atom stereocenters. The van der Waals surface area contributed by atoms with E-state index in [1.807, 2.05) is 5.38 Å². The van der Waals surface area contributed by atoms with Gasteiger partial charge < -0.3 is 5.32 Å². The molecule has 1 aromatic heterocycles. The Morgan fingerprint density at radius 2 is 2.33 bits per heavy atom. The van der Waals surface area contributed by atoms with Crippen LogP contribution in [0.3, 0.4) is 0 Å². The number of rotatable bonds is 4. The second-order valence-electron chi connectivity index (χ2n) is 4.13. The average Bonchev–Trinajstić information content (AvgIpc) is 3.09. The van der Waals surface area contributed by atoms with Gasteiger partial charge in [0, 0.05) is 5.38 Å². The van der Waals surface area contributed by atoms with Crippen LogP contribution in [0.1, 0.15) is 5.69 Å². The van der Waals surface area contributed by atoms with Crippen LogP contribution in [-0.4, -0.2) is 15.4 Å². The van der Waals surface area contributed by atoms with Gasteiger partial charge in [0.15, 0.2) is 5.82 Å². The summed E-state index contributed by atoms with van der Waals surface area (Å²) in [6, 6.07) is 4.38. The Kier molecular flexibility index (Phi) is 4.06. The lowest BCUT2D eigenvalue weighted by molar-refractivity contribution is -0.306. The summed E-state index contributed by atoms with van der Waals surface area (Å²) >= 11 is 4.60. The standard InChI is InChI=1S/C12H10BrFN4O2S/c13-10-3-9(1-2-11(10)14)17-5-12(18(19)20-17)15-4-8-6-21-7-16-8/h1-3,5-7,15,19H,4H2. The summed E-state index contributed by atoms with van der Waals surface area (Å²) in [5.41, 5.74) is 3.15. The van der Waals surface area contributed by atoms with Crippen LogP contribution >= 0.6 is 27.3 Å². The fourth-order valence-electron chi connectivity index (χ4n) is 1.67. The largest absolute Gasteiger partial charge is 0.361 e. The molecule has 0 spiro atoms. The van der Waals surface area contributed by atoms with Crippen molar-refractivity contribution >= 4 is 33.0 Å². The minimum atomic E-state index is -0.371. The molecule has 0 bridgehead atoms. The Hall–Kier alpha value is -1.68. The first-order chi connectivity index (χ1) is 10.1. The molecule has 0 atom stereocenters. The molecular weight excluding hydrogens is 363 g/mol. The van der Waals surface area contributed by atoms with Gasteiger partial charge in [0.25, 0.3) is 0 Å². The molecule has 110 valence electrons. The van der Waals surface area contributed by atoms with Gasteiger partial charge in [-0.1, -0.05) is 5.23 Å². The van der Waals surface area contributed by atoms with Crippen molar-refractivity contribution in [3.63, 3.8) is 0 Å². The van der Waals surface area contributed by atoms with Gasteiger partial charge in [-0.2, -0.15) is 5.06 Å². The number of hydroxylamine groups is 3. The molecule has 1 aliphatic rings. The Balaban J connectivity index is 1.72. The predicted octanol–water partition coefficient (Wildman–Crippen LogP) is 2.99. The first-order valence-corrected chi connectivity index (χ1v) is 7.61. The van der Waals surface area contributed by atoms with Crippen molar-refractivity contribution in [2.75, 3.05) is 5.06 Å². The Bertz CT molecular complexity index is 667. The summed E-state index contributed by atoms with van der Waals surface area (Å²) in [7, 11) is 0. The molecule has 0 saturated carbocycles. The molecule has 2 heterocycles. The van der Waals surface area contributed by atoms with Gasteiger partial charge in [0.1, 0.15) is 5.82 Å². The minimum Gasteiger partial charge on any atom is -0.361 e. The Morgan fingerprint density at radius 1 is 1.48 bits per heavy atom. The van der Waals surface area contributed by atoms with Crippen LogP contribution in [0.2, 0.25) is 0 Å². The molecule has 0 amide bonds. The smallest absolute Gasteiger partial charge is 0.179 e. The van der Waals surface area contributed by atoms with E-state index in [4.69, 9.17) is 4.94 Å². The lowest BCUT2D eigenvalue weighted by Gasteiger charge is -2.16. The van der Waals surface area contributed by atoms with E-state index < -0.39 is 0 Å². The maximum atomic E-state index is 13.2. The molecule has 9 heteroatoms. The van der Waals surface area contributed by atoms with Crippen molar-refractivity contribution in [2.24, 2.45) is 0 Å². The number of hydrogen-bond donors (Lipinski definition) is 2. The zero-order valence-electron chi connectivity index (χ0n) is 10.5. The normalized spacial score (nSPS) is 14.5. The fourth-order valence-corrected chi connectivity index (χ4v) is 2.60. The predicted molar refractivity (Wildman–Crippen MR) is 78.3 cm³/mol. The third kappa shape index (κ3) is 3.16. The van der Waals surface area contributed by atoms with Crippen LogP contribution in [0, 0.1) is 5.82 Å². The van der Waals surface area contributed by atoms with Crippen molar-refractivity contribution in [2.45, 2.75) is 6.54 Å². The zero-order chi connectivity index (χ0) is 14.8. The monoisotopic (exact) mass is 372 g/mol. The Labute approximate surface area is 132 Å². The van der Waals surface area contributed by atoms with Crippen molar-refractivity contribution < 1.29 is 14.5 Å². The summed E-state index contributed by atoms with van der Waals surface area (Å²) in [5, 5.41) is 16.5. The second kappa shape index (κ2) is 5.98. The lowest BCUT2D eigenvalue weighted by Crippen LogP contribution is -2.26. The SMILES string of the molecule is ON1ON(c2ccc(F)c(Br)c2)C=C1NCc1cscn1. The van der Waals surface area contributed by atoms with Crippen LogP contribution in [0.4, 0.5) is 10.1 Å². The van der Waals surface area contributed by atoms with Crippen LogP contribution in [0.5, 0.6) is 0 Å². The maximum absolute atomic E-state index is 13.2. The first kappa shape index (κ1) is 14.3. The van der Waals surface area contributed by atoms with E-state index in [1.165, 1.54) is 28.5 Å². The van der Waals surface area contributed by atoms with Gasteiger partial charge >= 0.3 is 0 Å². The highest BCUT2D eigenvalue weighted by atomic mass is 79.9. The average molecular weight is 373 g/mol. The Morgan fingerprint density at radius 3 is 3.05 bits per heavy atom. The quantitative estimate of drug-likeness (QED) is 0.860. The molecular formula is C12H10BrFN4O2S. The molecule has 6 nitrogen and oxygen atoms in total. The summed E-state index contributed by atoms with van der Waals surface area (Å²) in [4.78, 5) is 9.26. The van der Waals surface area contributed by atoms with E-state index in [2.05, 4.69) is 26.2 Å². The maximum Gasteiger partial charge on any atom is 0.179 e. The van der Waals surface area contributed by atoms with Gasteiger partial charge in [-0.25, -0.2) is 9.37 Å². The van der Waals surface area contributed by atoms with Gasteiger partial charge in [-0.3, -0.25) is 5.21 Å². The molecule has 3 rings (SSSR count). The molecule has 2 N–H and O–H groups in total. The number of nitrogens with zero attached hydrogens (tertiary/aromatic N) is 3. The highest BCUT2D eigenvalue weighted by molar-refractivity contribution is 9.10. The topological polar surface area (TPSA) is 60.9 Å². The van der Waals surface area contributed by atoms with Gasteiger partial charge in [0.2, 0.25) is 0 Å². The zero-order valence-corrected chi connectivity index (χ0v) is 12.9. The van der Waals surface area contributed by atoms with Crippen LogP contribution in [0.25, 0.3) is 0 Å². The van der Waals surface area contributed by atoms with Crippen molar-refractivity contribution in [1.29, 1.82) is 0 Å². The summed E-state index contributed by atoms with van der Waals surface area (Å²) in [5.74, 6) is -0.0203. The van der Waals surface area contributed by atoms with Crippen LogP contribution in [0.15, 0.2) is 45.6 Å². The van der Waals surface area contributed by atoms with E-state index in [0.717, 1.165) is 5.69 Å². The van der Waals surface area contributed by atoms with Gasteiger partial charge in [0.05, 0.1) is 34.1 Å². The van der Waals surface area contributed by atoms with E-state index in [-0.39, 0.29) is 5.82 Å². The molecule has 0 fully saturated rings. The summed E-state index contributed by atoms with van der Waals surface area (Å²) in [6.07, 6.45) is 1.55. The van der Waals surface area contributed by atoms with Gasteiger partial charge in [-0.15, -0.1) is 16.3 Å². The minimum absolute atomic E-state index is 0.311. The third-order valence-corrected chi connectivity index (χ3v) is 3.95. The summed E-state index contributed by atoms with van der Waals surface area (Å²) < 4.78 is 13.5. The highest BCUT2D eigenvalue weighted by Crippen LogP contribution is 2.27.